The molecule has 0 aliphatic carbocycles. The lowest BCUT2D eigenvalue weighted by Gasteiger charge is -2.21. The second-order valence-electron chi connectivity index (χ2n) is 19.1. The predicted octanol–water partition coefficient (Wildman–Crippen LogP) is 16.3. The summed E-state index contributed by atoms with van der Waals surface area (Å²) in [7, 11) is -4.74. The number of allylic oxidation sites excluding steroid dienone is 4. The predicted molar refractivity (Wildman–Crippen MR) is 280 cm³/mol. The fourth-order valence-corrected chi connectivity index (χ4v) is 8.76. The number of rotatable bonds is 53. The molecule has 12 heteroatoms. The zero-order valence-electron chi connectivity index (χ0n) is 44.1. The molecular weight excluding hydrogens is 880 g/mol. The number of ether oxygens (including phenoxy) is 3. The van der Waals surface area contributed by atoms with Gasteiger partial charge in [0.1, 0.15) is 12.7 Å². The van der Waals surface area contributed by atoms with Crippen molar-refractivity contribution in [1.29, 1.82) is 0 Å². The van der Waals surface area contributed by atoms with Crippen LogP contribution in [-0.4, -0.2) is 66.5 Å². The summed E-state index contributed by atoms with van der Waals surface area (Å²) in [5.41, 5.74) is 0. The standard InChI is InChI=1S/C56H105O11P/c1-4-7-10-13-16-19-22-24-25-26-27-29-32-35-38-41-44-47-56(60)67-53(49-63-54(58)45-42-39-36-33-30-21-18-15-12-9-6-3)51-65-68(61,62)64-50-52(48-57)66-55(59)46-43-40-37-34-31-28-23-20-17-14-11-8-5-2/h15,18,20,23,52-53,57H,4-14,16-17,19,21-22,24-51H2,1-3H3,(H,61,62)/b18-15-,23-20-. The van der Waals surface area contributed by atoms with E-state index < -0.39 is 57.8 Å². The molecule has 0 amide bonds. The first kappa shape index (κ1) is 66.0. The van der Waals surface area contributed by atoms with Crippen molar-refractivity contribution < 1.29 is 52.2 Å². The molecule has 0 fully saturated rings. The van der Waals surface area contributed by atoms with Crippen LogP contribution in [0.4, 0.5) is 0 Å². The number of phosphoric acid groups is 1. The highest BCUT2D eigenvalue weighted by molar-refractivity contribution is 7.47. The van der Waals surface area contributed by atoms with Gasteiger partial charge in [0.15, 0.2) is 6.10 Å². The van der Waals surface area contributed by atoms with E-state index in [-0.39, 0.29) is 25.9 Å². The van der Waals surface area contributed by atoms with Crippen LogP contribution in [0, 0.1) is 0 Å². The molecule has 0 saturated heterocycles. The van der Waals surface area contributed by atoms with Crippen LogP contribution in [0.3, 0.4) is 0 Å². The highest BCUT2D eigenvalue weighted by atomic mass is 31.2. The first-order valence-corrected chi connectivity index (χ1v) is 29.7. The van der Waals surface area contributed by atoms with Crippen LogP contribution in [0.1, 0.15) is 278 Å². The minimum absolute atomic E-state index is 0.170. The van der Waals surface area contributed by atoms with E-state index in [9.17, 15) is 28.9 Å². The molecule has 0 rings (SSSR count). The van der Waals surface area contributed by atoms with Crippen LogP contribution in [-0.2, 0) is 42.2 Å². The second kappa shape index (κ2) is 51.3. The Bertz CT molecular complexity index is 1240. The van der Waals surface area contributed by atoms with Gasteiger partial charge in [-0.25, -0.2) is 4.57 Å². The van der Waals surface area contributed by atoms with Gasteiger partial charge in [-0.3, -0.25) is 23.4 Å². The first-order valence-electron chi connectivity index (χ1n) is 28.2. The van der Waals surface area contributed by atoms with E-state index in [1.165, 1.54) is 122 Å². The van der Waals surface area contributed by atoms with E-state index in [1.54, 1.807) is 0 Å². The molecule has 400 valence electrons. The summed E-state index contributed by atoms with van der Waals surface area (Å²) in [6.45, 7) is 4.61. The quantitative estimate of drug-likeness (QED) is 0.0197. The van der Waals surface area contributed by atoms with Gasteiger partial charge in [0.05, 0.1) is 19.8 Å². The van der Waals surface area contributed by atoms with Gasteiger partial charge in [0.25, 0.3) is 0 Å². The molecule has 11 nitrogen and oxygen atoms in total. The molecule has 0 aliphatic rings. The van der Waals surface area contributed by atoms with Crippen molar-refractivity contribution >= 4 is 25.7 Å². The average molecular weight is 985 g/mol. The summed E-state index contributed by atoms with van der Waals surface area (Å²) >= 11 is 0. The molecular formula is C56H105O11P. The SMILES string of the molecule is CCCC/C=C\CCCCCCCC(=O)OCC(COP(=O)(O)OCC(CO)OC(=O)CCCCCCC/C=C\CCCCCC)OC(=O)CCCCCCCCCCCCCCCCCCC. The topological polar surface area (TPSA) is 155 Å². The van der Waals surface area contributed by atoms with Crippen LogP contribution >= 0.6 is 7.82 Å². The largest absolute Gasteiger partial charge is 0.472 e. The number of hydrogen-bond acceptors (Lipinski definition) is 10. The summed E-state index contributed by atoms with van der Waals surface area (Å²) in [6.07, 6.45) is 50.0. The monoisotopic (exact) mass is 985 g/mol. The van der Waals surface area contributed by atoms with Gasteiger partial charge in [0, 0.05) is 19.3 Å². The highest BCUT2D eigenvalue weighted by Crippen LogP contribution is 2.43. The van der Waals surface area contributed by atoms with E-state index in [0.717, 1.165) is 96.3 Å². The molecule has 0 aromatic heterocycles. The lowest BCUT2D eigenvalue weighted by Crippen LogP contribution is -2.30. The van der Waals surface area contributed by atoms with Crippen molar-refractivity contribution in [1.82, 2.24) is 0 Å². The average Bonchev–Trinajstić information content (AvgIpc) is 3.32. The zero-order valence-corrected chi connectivity index (χ0v) is 45.0. The van der Waals surface area contributed by atoms with Gasteiger partial charge in [-0.15, -0.1) is 0 Å². The summed E-state index contributed by atoms with van der Waals surface area (Å²) in [5, 5.41) is 9.79. The van der Waals surface area contributed by atoms with Crippen molar-refractivity contribution in [3.63, 3.8) is 0 Å². The third-order valence-corrected chi connectivity index (χ3v) is 13.3. The molecule has 2 N–H and O–H groups in total. The van der Waals surface area contributed by atoms with Gasteiger partial charge in [-0.05, 0) is 64.2 Å². The first-order chi connectivity index (χ1) is 33.2. The number of esters is 3. The Kier molecular flexibility index (Phi) is 49.8. The van der Waals surface area contributed by atoms with Gasteiger partial charge in [-0.2, -0.15) is 0 Å². The second-order valence-corrected chi connectivity index (χ2v) is 20.6. The van der Waals surface area contributed by atoms with Crippen LogP contribution in [0.2, 0.25) is 0 Å². The lowest BCUT2D eigenvalue weighted by molar-refractivity contribution is -0.161. The maximum Gasteiger partial charge on any atom is 0.472 e. The van der Waals surface area contributed by atoms with Crippen molar-refractivity contribution in [3.05, 3.63) is 24.3 Å². The smallest absolute Gasteiger partial charge is 0.462 e. The molecule has 3 unspecified atom stereocenters. The Balaban J connectivity index is 4.67. The molecule has 0 bridgehead atoms. The molecule has 0 spiro atoms. The van der Waals surface area contributed by atoms with Gasteiger partial charge < -0.3 is 24.2 Å². The van der Waals surface area contributed by atoms with E-state index in [1.807, 2.05) is 0 Å². The minimum atomic E-state index is -4.74. The molecule has 0 radical (unpaired) electrons. The summed E-state index contributed by atoms with van der Waals surface area (Å²) in [5.74, 6) is -1.46. The van der Waals surface area contributed by atoms with Crippen LogP contribution in [0.25, 0.3) is 0 Å². The molecule has 0 aromatic rings. The molecule has 0 aliphatic heterocycles. The number of hydrogen-bond donors (Lipinski definition) is 2. The molecule has 3 atom stereocenters. The summed E-state index contributed by atoms with van der Waals surface area (Å²) in [4.78, 5) is 48.4. The third kappa shape index (κ3) is 49.0. The Labute approximate surface area is 417 Å². The maximum atomic E-state index is 12.9. The minimum Gasteiger partial charge on any atom is -0.462 e. The Hall–Kier alpha value is -2.04. The normalized spacial score (nSPS) is 13.5. The summed E-state index contributed by atoms with van der Waals surface area (Å²) < 4.78 is 39.4. The highest BCUT2D eigenvalue weighted by Gasteiger charge is 2.28. The van der Waals surface area contributed by atoms with Gasteiger partial charge in [0.2, 0.25) is 0 Å². The van der Waals surface area contributed by atoms with E-state index >= 15 is 0 Å². The van der Waals surface area contributed by atoms with E-state index in [0.29, 0.717) is 19.3 Å². The number of phosphoric ester groups is 1. The van der Waals surface area contributed by atoms with Crippen LogP contribution in [0.15, 0.2) is 24.3 Å². The molecule has 0 aromatic carbocycles. The van der Waals surface area contributed by atoms with Crippen molar-refractivity contribution in [2.24, 2.45) is 0 Å². The fourth-order valence-electron chi connectivity index (χ4n) is 7.98. The maximum absolute atomic E-state index is 12.9. The van der Waals surface area contributed by atoms with Crippen LogP contribution in [0.5, 0.6) is 0 Å². The number of aliphatic hydroxyl groups excluding tert-OH is 1. The summed E-state index contributed by atoms with van der Waals surface area (Å²) in [6, 6.07) is 0. The Morgan fingerprint density at radius 1 is 0.397 bits per heavy atom. The Morgan fingerprint density at radius 3 is 1.07 bits per heavy atom. The van der Waals surface area contributed by atoms with Crippen LogP contribution < -0.4 is 0 Å². The lowest BCUT2D eigenvalue weighted by atomic mass is 10.0. The van der Waals surface area contributed by atoms with E-state index in [2.05, 4.69) is 45.1 Å². The van der Waals surface area contributed by atoms with Gasteiger partial charge >= 0.3 is 25.7 Å². The number of aliphatic hydroxyl groups is 1. The van der Waals surface area contributed by atoms with Crippen molar-refractivity contribution in [2.45, 2.75) is 290 Å². The molecule has 68 heavy (non-hydrogen) atoms. The van der Waals surface area contributed by atoms with Gasteiger partial charge in [-0.1, -0.05) is 218 Å². The molecule has 0 saturated carbocycles. The van der Waals surface area contributed by atoms with E-state index in [4.69, 9.17) is 23.3 Å². The zero-order chi connectivity index (χ0) is 49.9. The number of carbonyl (C=O) groups is 3. The van der Waals surface area contributed by atoms with Crippen molar-refractivity contribution in [2.75, 3.05) is 26.4 Å². The fraction of sp³-hybridized carbons (Fsp3) is 0.875. The molecule has 0 heterocycles. The number of carbonyl (C=O) groups excluding carboxylic acids is 3. The third-order valence-electron chi connectivity index (χ3n) is 12.3. The Morgan fingerprint density at radius 2 is 0.691 bits per heavy atom. The van der Waals surface area contributed by atoms with Crippen molar-refractivity contribution in [3.8, 4) is 0 Å². The number of unbranched alkanes of at least 4 members (excludes halogenated alkanes) is 32.